The Morgan fingerprint density at radius 2 is 2.10 bits per heavy atom. The molecule has 0 saturated heterocycles. The minimum Gasteiger partial charge on any atom is -0.461 e. The first kappa shape index (κ1) is 14.8. The van der Waals surface area contributed by atoms with Gasteiger partial charge < -0.3 is 4.74 Å². The van der Waals surface area contributed by atoms with Gasteiger partial charge in [-0.05, 0) is 38.5 Å². The molecule has 2 aromatic rings. The second-order valence-corrected chi connectivity index (χ2v) is 5.54. The fourth-order valence-corrected chi connectivity index (χ4v) is 2.61. The minimum atomic E-state index is -0.375. The lowest BCUT2D eigenvalue weighted by Gasteiger charge is -2.08. The van der Waals surface area contributed by atoms with Gasteiger partial charge in [0.15, 0.2) is 5.69 Å². The zero-order valence-corrected chi connectivity index (χ0v) is 13.6. The first-order chi connectivity index (χ1) is 9.45. The quantitative estimate of drug-likeness (QED) is 0.803. The summed E-state index contributed by atoms with van der Waals surface area (Å²) in [5, 5.41) is 4.30. The van der Waals surface area contributed by atoms with Crippen LogP contribution in [-0.4, -0.2) is 22.4 Å². The molecule has 2 rings (SSSR count). The number of benzene rings is 1. The number of ether oxygens (including phenoxy) is 1. The van der Waals surface area contributed by atoms with E-state index in [2.05, 4.69) is 21.0 Å². The molecule has 1 aromatic carbocycles. The van der Waals surface area contributed by atoms with Gasteiger partial charge in [0.1, 0.15) is 0 Å². The van der Waals surface area contributed by atoms with Gasteiger partial charge in [0, 0.05) is 22.6 Å². The molecule has 0 radical (unpaired) electrons. The Morgan fingerprint density at radius 1 is 1.40 bits per heavy atom. The average Bonchev–Trinajstić information content (AvgIpc) is 2.68. The van der Waals surface area contributed by atoms with E-state index in [1.165, 1.54) is 0 Å². The van der Waals surface area contributed by atoms with E-state index in [-0.39, 0.29) is 5.97 Å². The highest BCUT2D eigenvalue weighted by Crippen LogP contribution is 2.30. The first-order valence-corrected chi connectivity index (χ1v) is 7.22. The predicted molar refractivity (Wildman–Crippen MR) is 81.8 cm³/mol. The Morgan fingerprint density at radius 3 is 2.75 bits per heavy atom. The number of aryl methyl sites for hydroxylation is 2. The number of nitrogens with zero attached hydrogens (tertiary/aromatic N) is 2. The molecule has 0 spiro atoms. The minimum absolute atomic E-state index is 0.347. The van der Waals surface area contributed by atoms with Gasteiger partial charge in [-0.25, -0.2) is 4.79 Å². The molecule has 0 aliphatic carbocycles. The third-order valence-corrected chi connectivity index (χ3v) is 3.70. The fraction of sp³-hybridized carbons (Fsp3) is 0.333. The molecule has 1 heterocycles. The van der Waals surface area contributed by atoms with E-state index in [1.54, 1.807) is 11.6 Å². The summed E-state index contributed by atoms with van der Waals surface area (Å²) >= 11 is 3.48. The Hall–Kier alpha value is -1.62. The molecule has 20 heavy (non-hydrogen) atoms. The summed E-state index contributed by atoms with van der Waals surface area (Å²) < 4.78 is 7.77. The van der Waals surface area contributed by atoms with Crippen LogP contribution in [0, 0.1) is 13.8 Å². The summed E-state index contributed by atoms with van der Waals surface area (Å²) in [5.41, 5.74) is 4.35. The number of carbonyl (C=O) groups is 1. The van der Waals surface area contributed by atoms with Crippen molar-refractivity contribution in [1.82, 2.24) is 9.78 Å². The maximum Gasteiger partial charge on any atom is 0.359 e. The summed E-state index contributed by atoms with van der Waals surface area (Å²) in [6, 6.07) is 6.07. The maximum atomic E-state index is 11.9. The number of carbonyl (C=O) groups excluding carboxylic acids is 1. The second-order valence-electron chi connectivity index (χ2n) is 4.63. The molecule has 0 amide bonds. The molecule has 1 aromatic heterocycles. The largest absolute Gasteiger partial charge is 0.461 e. The van der Waals surface area contributed by atoms with Crippen molar-refractivity contribution in [2.45, 2.75) is 20.8 Å². The van der Waals surface area contributed by atoms with E-state index in [1.807, 2.05) is 39.1 Å². The molecule has 0 aliphatic heterocycles. The van der Waals surface area contributed by atoms with E-state index in [4.69, 9.17) is 4.74 Å². The molecule has 5 heteroatoms. The van der Waals surface area contributed by atoms with Crippen molar-refractivity contribution in [2.75, 3.05) is 6.61 Å². The standard InChI is InChI=1S/C15H17BrN2O2/c1-5-20-15(19)13-10(3)14(18(4)17-13)12-8-11(16)7-6-9(12)2/h6-8H,5H2,1-4H3. The zero-order valence-electron chi connectivity index (χ0n) is 12.0. The number of aromatic nitrogens is 2. The van der Waals surface area contributed by atoms with Crippen molar-refractivity contribution in [1.29, 1.82) is 0 Å². The Bertz CT molecular complexity index is 662. The van der Waals surface area contributed by atoms with Crippen LogP contribution < -0.4 is 0 Å². The SMILES string of the molecule is CCOC(=O)c1nn(C)c(-c2cc(Br)ccc2C)c1C. The third-order valence-electron chi connectivity index (χ3n) is 3.21. The predicted octanol–water partition coefficient (Wildman–Crippen LogP) is 3.64. The Balaban J connectivity index is 2.58. The van der Waals surface area contributed by atoms with Crippen molar-refractivity contribution >= 4 is 21.9 Å². The van der Waals surface area contributed by atoms with E-state index >= 15 is 0 Å². The average molecular weight is 337 g/mol. The molecular formula is C15H17BrN2O2. The van der Waals surface area contributed by atoms with Crippen LogP contribution in [0.2, 0.25) is 0 Å². The monoisotopic (exact) mass is 336 g/mol. The normalized spacial score (nSPS) is 10.7. The fourth-order valence-electron chi connectivity index (χ4n) is 2.25. The topological polar surface area (TPSA) is 44.1 Å². The van der Waals surface area contributed by atoms with Crippen molar-refractivity contribution in [3.05, 3.63) is 39.5 Å². The van der Waals surface area contributed by atoms with E-state index in [9.17, 15) is 4.79 Å². The first-order valence-electron chi connectivity index (χ1n) is 6.43. The van der Waals surface area contributed by atoms with Crippen LogP contribution in [0.5, 0.6) is 0 Å². The van der Waals surface area contributed by atoms with Crippen molar-refractivity contribution in [3.63, 3.8) is 0 Å². The van der Waals surface area contributed by atoms with Gasteiger partial charge in [0.05, 0.1) is 12.3 Å². The van der Waals surface area contributed by atoms with Gasteiger partial charge in [-0.15, -0.1) is 0 Å². The molecule has 0 unspecified atom stereocenters. The number of rotatable bonds is 3. The maximum absolute atomic E-state index is 11.9. The summed E-state index contributed by atoms with van der Waals surface area (Å²) in [5.74, 6) is -0.375. The van der Waals surface area contributed by atoms with Crippen LogP contribution in [0.3, 0.4) is 0 Å². The van der Waals surface area contributed by atoms with Gasteiger partial charge in [0.2, 0.25) is 0 Å². The van der Waals surface area contributed by atoms with Crippen molar-refractivity contribution in [2.24, 2.45) is 7.05 Å². The smallest absolute Gasteiger partial charge is 0.359 e. The Labute approximate surface area is 126 Å². The summed E-state index contributed by atoms with van der Waals surface area (Å²) in [6.45, 7) is 6.07. The number of halogens is 1. The summed E-state index contributed by atoms with van der Waals surface area (Å²) in [4.78, 5) is 11.9. The molecule has 4 nitrogen and oxygen atoms in total. The molecular weight excluding hydrogens is 320 g/mol. The summed E-state index contributed by atoms with van der Waals surface area (Å²) in [6.07, 6.45) is 0. The molecule has 0 bridgehead atoms. The van der Waals surface area contributed by atoms with Gasteiger partial charge >= 0.3 is 5.97 Å². The lowest BCUT2D eigenvalue weighted by atomic mass is 10.0. The van der Waals surface area contributed by atoms with Crippen LogP contribution in [-0.2, 0) is 11.8 Å². The highest BCUT2D eigenvalue weighted by Gasteiger charge is 2.21. The highest BCUT2D eigenvalue weighted by atomic mass is 79.9. The highest BCUT2D eigenvalue weighted by molar-refractivity contribution is 9.10. The number of hydrogen-bond donors (Lipinski definition) is 0. The number of esters is 1. The summed E-state index contributed by atoms with van der Waals surface area (Å²) in [7, 11) is 1.84. The van der Waals surface area contributed by atoms with Crippen LogP contribution in [0.25, 0.3) is 11.3 Å². The molecule has 0 N–H and O–H groups in total. The Kier molecular flexibility index (Phi) is 4.28. The van der Waals surface area contributed by atoms with E-state index in [0.717, 1.165) is 26.9 Å². The van der Waals surface area contributed by atoms with Gasteiger partial charge in [-0.2, -0.15) is 5.10 Å². The molecule has 0 aliphatic rings. The van der Waals surface area contributed by atoms with E-state index in [0.29, 0.717) is 12.3 Å². The lowest BCUT2D eigenvalue weighted by Crippen LogP contribution is -2.07. The van der Waals surface area contributed by atoms with Gasteiger partial charge in [-0.3, -0.25) is 4.68 Å². The third kappa shape index (κ3) is 2.63. The van der Waals surface area contributed by atoms with Crippen molar-refractivity contribution < 1.29 is 9.53 Å². The van der Waals surface area contributed by atoms with Crippen LogP contribution >= 0.6 is 15.9 Å². The van der Waals surface area contributed by atoms with Gasteiger partial charge in [-0.1, -0.05) is 22.0 Å². The van der Waals surface area contributed by atoms with Crippen LogP contribution in [0.4, 0.5) is 0 Å². The second kappa shape index (κ2) is 5.79. The van der Waals surface area contributed by atoms with Crippen LogP contribution in [0.1, 0.15) is 28.5 Å². The molecule has 0 saturated carbocycles. The van der Waals surface area contributed by atoms with E-state index < -0.39 is 0 Å². The lowest BCUT2D eigenvalue weighted by molar-refractivity contribution is 0.0518. The molecule has 0 atom stereocenters. The number of hydrogen-bond acceptors (Lipinski definition) is 3. The van der Waals surface area contributed by atoms with Crippen LogP contribution in [0.15, 0.2) is 22.7 Å². The molecule has 0 fully saturated rings. The molecule has 106 valence electrons. The van der Waals surface area contributed by atoms with Gasteiger partial charge in [0.25, 0.3) is 0 Å². The van der Waals surface area contributed by atoms with Crippen molar-refractivity contribution in [3.8, 4) is 11.3 Å². The zero-order chi connectivity index (χ0) is 14.9.